The van der Waals surface area contributed by atoms with Gasteiger partial charge < -0.3 is 15.1 Å². The Labute approximate surface area is 91.4 Å². The van der Waals surface area contributed by atoms with Crippen LogP contribution in [0.3, 0.4) is 0 Å². The summed E-state index contributed by atoms with van der Waals surface area (Å²) in [6.07, 6.45) is 3.00. The van der Waals surface area contributed by atoms with Crippen molar-refractivity contribution in [3.05, 3.63) is 18.0 Å². The molecule has 0 aromatic carbocycles. The van der Waals surface area contributed by atoms with Crippen LogP contribution < -0.4 is 4.90 Å². The van der Waals surface area contributed by atoms with Crippen molar-refractivity contribution in [1.29, 1.82) is 0 Å². The summed E-state index contributed by atoms with van der Waals surface area (Å²) in [6, 6.07) is 0. The second kappa shape index (κ2) is 5.06. The van der Waals surface area contributed by atoms with Gasteiger partial charge in [0.2, 0.25) is 5.95 Å². The molecule has 0 fully saturated rings. The van der Waals surface area contributed by atoms with Crippen molar-refractivity contribution in [2.45, 2.75) is 6.92 Å². The van der Waals surface area contributed by atoms with E-state index in [-0.39, 0.29) is 5.95 Å². The highest BCUT2D eigenvalue weighted by Crippen LogP contribution is 2.05. The maximum Gasteiger partial charge on any atom is 0.323 e. The average Bonchev–Trinajstić information content (AvgIpc) is 2.16. The van der Waals surface area contributed by atoms with Crippen LogP contribution in [0.1, 0.15) is 5.56 Å². The molecule has 0 unspecified atom stereocenters. The van der Waals surface area contributed by atoms with E-state index in [1.807, 2.05) is 0 Å². The third-order valence-corrected chi connectivity index (χ3v) is 1.70. The molecular formula is C9H11N3O4. The second-order valence-corrected chi connectivity index (χ2v) is 3.20. The molecular weight excluding hydrogens is 214 g/mol. The van der Waals surface area contributed by atoms with E-state index < -0.39 is 25.0 Å². The molecule has 7 heteroatoms. The molecule has 2 N–H and O–H groups in total. The fourth-order valence-electron chi connectivity index (χ4n) is 1.07. The number of anilines is 1. The minimum Gasteiger partial charge on any atom is -0.480 e. The molecule has 0 amide bonds. The summed E-state index contributed by atoms with van der Waals surface area (Å²) in [4.78, 5) is 29.9. The highest BCUT2D eigenvalue weighted by Gasteiger charge is 2.16. The first-order chi connectivity index (χ1) is 7.49. The molecule has 0 aliphatic carbocycles. The number of hydrogen-bond donors (Lipinski definition) is 2. The van der Waals surface area contributed by atoms with E-state index >= 15 is 0 Å². The van der Waals surface area contributed by atoms with Gasteiger partial charge in [0.25, 0.3) is 0 Å². The third kappa shape index (κ3) is 3.52. The molecule has 0 saturated heterocycles. The fraction of sp³-hybridized carbons (Fsp3) is 0.333. The minimum atomic E-state index is -1.13. The van der Waals surface area contributed by atoms with Crippen molar-refractivity contribution in [2.24, 2.45) is 0 Å². The number of aryl methyl sites for hydroxylation is 1. The van der Waals surface area contributed by atoms with Crippen molar-refractivity contribution in [1.82, 2.24) is 9.97 Å². The van der Waals surface area contributed by atoms with Crippen LogP contribution >= 0.6 is 0 Å². The van der Waals surface area contributed by atoms with Gasteiger partial charge in [-0.25, -0.2) is 9.97 Å². The van der Waals surface area contributed by atoms with Gasteiger partial charge in [-0.15, -0.1) is 0 Å². The zero-order chi connectivity index (χ0) is 12.1. The van der Waals surface area contributed by atoms with Crippen LogP contribution in [0.15, 0.2) is 12.4 Å². The lowest BCUT2D eigenvalue weighted by atomic mass is 10.4. The monoisotopic (exact) mass is 225 g/mol. The van der Waals surface area contributed by atoms with Gasteiger partial charge in [-0.3, -0.25) is 9.59 Å². The van der Waals surface area contributed by atoms with Gasteiger partial charge in [-0.05, 0) is 12.5 Å². The van der Waals surface area contributed by atoms with E-state index in [0.717, 1.165) is 10.5 Å². The molecule has 7 nitrogen and oxygen atoms in total. The molecule has 0 aliphatic rings. The molecule has 16 heavy (non-hydrogen) atoms. The number of carbonyl (C=O) groups is 2. The lowest BCUT2D eigenvalue weighted by Gasteiger charge is -2.17. The smallest absolute Gasteiger partial charge is 0.323 e. The quantitative estimate of drug-likeness (QED) is 0.712. The molecule has 0 radical (unpaired) electrons. The van der Waals surface area contributed by atoms with E-state index in [2.05, 4.69) is 9.97 Å². The maximum atomic E-state index is 10.5. The Morgan fingerprint density at radius 3 is 2.00 bits per heavy atom. The van der Waals surface area contributed by atoms with Crippen LogP contribution in [-0.2, 0) is 9.59 Å². The molecule has 1 rings (SSSR count). The standard InChI is InChI=1S/C9H11N3O4/c1-6-2-10-9(11-3-6)12(4-7(13)14)5-8(15)16/h2-3H,4-5H2,1H3,(H,13,14)(H,15,16). The average molecular weight is 225 g/mol. The minimum absolute atomic E-state index is 0.0930. The van der Waals surface area contributed by atoms with Gasteiger partial charge in [0, 0.05) is 12.4 Å². The zero-order valence-electron chi connectivity index (χ0n) is 8.62. The Kier molecular flexibility index (Phi) is 3.76. The van der Waals surface area contributed by atoms with Gasteiger partial charge in [0.15, 0.2) is 0 Å². The predicted molar refractivity (Wildman–Crippen MR) is 54.3 cm³/mol. The number of nitrogens with zero attached hydrogens (tertiary/aromatic N) is 3. The summed E-state index contributed by atoms with van der Waals surface area (Å²) in [5.74, 6) is -2.17. The van der Waals surface area contributed by atoms with Gasteiger partial charge in [-0.2, -0.15) is 0 Å². The van der Waals surface area contributed by atoms with E-state index in [4.69, 9.17) is 10.2 Å². The largest absolute Gasteiger partial charge is 0.480 e. The summed E-state index contributed by atoms with van der Waals surface area (Å²) >= 11 is 0. The van der Waals surface area contributed by atoms with Crippen molar-refractivity contribution >= 4 is 17.9 Å². The molecule has 0 aliphatic heterocycles. The summed E-state index contributed by atoms with van der Waals surface area (Å²) in [5.41, 5.74) is 0.814. The van der Waals surface area contributed by atoms with Gasteiger partial charge in [-0.1, -0.05) is 0 Å². The molecule has 0 spiro atoms. The Morgan fingerprint density at radius 2 is 1.62 bits per heavy atom. The zero-order valence-corrected chi connectivity index (χ0v) is 8.62. The second-order valence-electron chi connectivity index (χ2n) is 3.20. The Bertz CT molecular complexity index is 374. The SMILES string of the molecule is Cc1cnc(N(CC(=O)O)CC(=O)O)nc1. The topological polar surface area (TPSA) is 104 Å². The summed E-state index contributed by atoms with van der Waals surface area (Å²) in [5, 5.41) is 17.2. The highest BCUT2D eigenvalue weighted by molar-refractivity contribution is 5.78. The Balaban J connectivity index is 2.86. The van der Waals surface area contributed by atoms with Crippen LogP contribution in [0.5, 0.6) is 0 Å². The summed E-state index contributed by atoms with van der Waals surface area (Å²) < 4.78 is 0. The van der Waals surface area contributed by atoms with Crippen LogP contribution in [-0.4, -0.2) is 45.2 Å². The van der Waals surface area contributed by atoms with E-state index in [9.17, 15) is 9.59 Å². The van der Waals surface area contributed by atoms with Gasteiger partial charge in [0.05, 0.1) is 0 Å². The number of carboxylic acid groups (broad SMARTS) is 2. The first kappa shape index (κ1) is 11.9. The Hall–Kier alpha value is -2.18. The first-order valence-corrected chi connectivity index (χ1v) is 4.46. The van der Waals surface area contributed by atoms with Crippen molar-refractivity contribution in [3.63, 3.8) is 0 Å². The van der Waals surface area contributed by atoms with E-state index in [1.165, 1.54) is 12.4 Å². The first-order valence-electron chi connectivity index (χ1n) is 4.46. The lowest BCUT2D eigenvalue weighted by molar-refractivity contribution is -0.136. The maximum absolute atomic E-state index is 10.5. The number of hydrogen-bond acceptors (Lipinski definition) is 5. The van der Waals surface area contributed by atoms with Crippen molar-refractivity contribution in [2.75, 3.05) is 18.0 Å². The van der Waals surface area contributed by atoms with Crippen LogP contribution in [0, 0.1) is 6.92 Å². The molecule has 0 bridgehead atoms. The summed E-state index contributed by atoms with van der Waals surface area (Å²) in [7, 11) is 0. The Morgan fingerprint density at radius 1 is 1.19 bits per heavy atom. The lowest BCUT2D eigenvalue weighted by Crippen LogP contribution is -2.35. The van der Waals surface area contributed by atoms with Gasteiger partial charge >= 0.3 is 11.9 Å². The number of rotatable bonds is 5. The normalized spacial score (nSPS) is 9.81. The molecule has 86 valence electrons. The van der Waals surface area contributed by atoms with E-state index in [0.29, 0.717) is 0 Å². The van der Waals surface area contributed by atoms with Crippen molar-refractivity contribution in [3.8, 4) is 0 Å². The highest BCUT2D eigenvalue weighted by atomic mass is 16.4. The molecule has 0 saturated carbocycles. The van der Waals surface area contributed by atoms with Crippen LogP contribution in [0.2, 0.25) is 0 Å². The summed E-state index contributed by atoms with van der Waals surface area (Å²) in [6.45, 7) is 0.882. The van der Waals surface area contributed by atoms with Crippen LogP contribution in [0.4, 0.5) is 5.95 Å². The fourth-order valence-corrected chi connectivity index (χ4v) is 1.07. The van der Waals surface area contributed by atoms with Crippen molar-refractivity contribution < 1.29 is 19.8 Å². The number of aliphatic carboxylic acids is 2. The molecule has 1 heterocycles. The van der Waals surface area contributed by atoms with Crippen LogP contribution in [0.25, 0.3) is 0 Å². The molecule has 0 atom stereocenters. The van der Waals surface area contributed by atoms with Gasteiger partial charge in [0.1, 0.15) is 13.1 Å². The van der Waals surface area contributed by atoms with E-state index in [1.54, 1.807) is 6.92 Å². The number of carboxylic acids is 2. The molecule has 1 aromatic heterocycles. The number of aromatic nitrogens is 2. The predicted octanol–water partition coefficient (Wildman–Crippen LogP) is -0.239. The third-order valence-electron chi connectivity index (χ3n) is 1.70. The molecule has 1 aromatic rings.